The van der Waals surface area contributed by atoms with Gasteiger partial charge >= 0.3 is 5.63 Å². The molecule has 0 aliphatic rings. The molecule has 2 rings (SSSR count). The Balaban J connectivity index is 2.92. The molecule has 0 amide bonds. The molecule has 4 nitrogen and oxygen atoms in total. The van der Waals surface area contributed by atoms with Crippen LogP contribution in [0.1, 0.15) is 5.56 Å². The molecule has 0 aliphatic heterocycles. The van der Waals surface area contributed by atoms with E-state index in [2.05, 4.69) is 0 Å². The van der Waals surface area contributed by atoms with Crippen LogP contribution in [0.15, 0.2) is 27.4 Å². The Morgan fingerprint density at radius 1 is 1.19 bits per heavy atom. The molecule has 4 heteroatoms. The van der Waals surface area contributed by atoms with Gasteiger partial charge < -0.3 is 13.9 Å². The summed E-state index contributed by atoms with van der Waals surface area (Å²) in [7, 11) is 3.12. The van der Waals surface area contributed by atoms with Crippen molar-refractivity contribution in [2.45, 2.75) is 6.92 Å². The zero-order chi connectivity index (χ0) is 11.7. The second-order valence-corrected chi connectivity index (χ2v) is 3.42. The van der Waals surface area contributed by atoms with E-state index in [4.69, 9.17) is 13.9 Å². The predicted octanol–water partition coefficient (Wildman–Crippen LogP) is 2.12. The van der Waals surface area contributed by atoms with E-state index in [1.165, 1.54) is 6.07 Å². The van der Waals surface area contributed by atoms with Crippen molar-refractivity contribution in [3.63, 3.8) is 0 Å². The summed E-state index contributed by atoms with van der Waals surface area (Å²) in [6.45, 7) is 1.83. The number of hydrogen-bond donors (Lipinski definition) is 0. The van der Waals surface area contributed by atoms with Crippen LogP contribution in [0, 0.1) is 6.92 Å². The summed E-state index contributed by atoms with van der Waals surface area (Å²) in [4.78, 5) is 11.2. The van der Waals surface area contributed by atoms with Crippen LogP contribution in [0.25, 0.3) is 11.0 Å². The highest BCUT2D eigenvalue weighted by Gasteiger charge is 2.13. The maximum absolute atomic E-state index is 11.2. The lowest BCUT2D eigenvalue weighted by molar-refractivity contribution is 0.357. The minimum atomic E-state index is -0.364. The minimum Gasteiger partial charge on any atom is -0.493 e. The molecule has 0 spiro atoms. The van der Waals surface area contributed by atoms with Crippen molar-refractivity contribution in [2.75, 3.05) is 14.2 Å². The van der Waals surface area contributed by atoms with Gasteiger partial charge in [-0.05, 0) is 24.6 Å². The van der Waals surface area contributed by atoms with E-state index >= 15 is 0 Å². The van der Waals surface area contributed by atoms with Crippen LogP contribution in [-0.2, 0) is 0 Å². The summed E-state index contributed by atoms with van der Waals surface area (Å²) in [5.74, 6) is 1.20. The molecule has 0 N–H and O–H groups in total. The van der Waals surface area contributed by atoms with Crippen LogP contribution in [-0.4, -0.2) is 14.2 Å². The van der Waals surface area contributed by atoms with Crippen LogP contribution in [0.2, 0.25) is 0 Å². The lowest BCUT2D eigenvalue weighted by Gasteiger charge is -2.11. The molecule has 0 radical (unpaired) electrons. The Hall–Kier alpha value is -1.97. The van der Waals surface area contributed by atoms with E-state index in [0.717, 1.165) is 10.9 Å². The Bertz CT molecular complexity index is 583. The summed E-state index contributed by atoms with van der Waals surface area (Å²) in [5.41, 5.74) is 0.946. The summed E-state index contributed by atoms with van der Waals surface area (Å²) in [6, 6.07) is 4.85. The fourth-order valence-electron chi connectivity index (χ4n) is 1.75. The third-order valence-corrected chi connectivity index (χ3v) is 2.45. The molecule has 0 saturated carbocycles. The van der Waals surface area contributed by atoms with E-state index < -0.39 is 0 Å². The van der Waals surface area contributed by atoms with Crippen molar-refractivity contribution in [1.82, 2.24) is 0 Å². The first-order chi connectivity index (χ1) is 7.67. The summed E-state index contributed by atoms with van der Waals surface area (Å²) < 4.78 is 15.6. The van der Waals surface area contributed by atoms with Crippen molar-refractivity contribution in [3.8, 4) is 11.5 Å². The first kappa shape index (κ1) is 10.5. The summed E-state index contributed by atoms with van der Waals surface area (Å²) in [5, 5.41) is 0.765. The van der Waals surface area contributed by atoms with Crippen LogP contribution in [0.3, 0.4) is 0 Å². The number of hydrogen-bond acceptors (Lipinski definition) is 4. The van der Waals surface area contributed by atoms with Crippen molar-refractivity contribution in [2.24, 2.45) is 0 Å². The van der Waals surface area contributed by atoms with Crippen LogP contribution in [0.5, 0.6) is 11.5 Å². The normalized spacial score (nSPS) is 10.4. The Morgan fingerprint density at radius 2 is 1.94 bits per heavy atom. The highest BCUT2D eigenvalue weighted by molar-refractivity contribution is 5.89. The molecule has 2 aromatic rings. The first-order valence-electron chi connectivity index (χ1n) is 4.83. The quantitative estimate of drug-likeness (QED) is 0.727. The van der Waals surface area contributed by atoms with Crippen molar-refractivity contribution < 1.29 is 13.9 Å². The summed E-state index contributed by atoms with van der Waals surface area (Å²) >= 11 is 0. The first-order valence-corrected chi connectivity index (χ1v) is 4.83. The maximum atomic E-state index is 11.2. The van der Waals surface area contributed by atoms with Gasteiger partial charge in [-0.2, -0.15) is 0 Å². The third kappa shape index (κ3) is 1.52. The smallest absolute Gasteiger partial charge is 0.336 e. The SMILES string of the molecule is COc1ccc2oc(=O)cc(C)c2c1OC. The zero-order valence-corrected chi connectivity index (χ0v) is 9.37. The van der Waals surface area contributed by atoms with E-state index in [-0.39, 0.29) is 5.63 Å². The van der Waals surface area contributed by atoms with Gasteiger partial charge in [-0.1, -0.05) is 0 Å². The van der Waals surface area contributed by atoms with Gasteiger partial charge in [-0.25, -0.2) is 4.79 Å². The average Bonchev–Trinajstić information content (AvgIpc) is 2.27. The zero-order valence-electron chi connectivity index (χ0n) is 9.37. The molecule has 0 atom stereocenters. The molecule has 0 aliphatic carbocycles. The highest BCUT2D eigenvalue weighted by Crippen LogP contribution is 2.36. The fourth-order valence-corrected chi connectivity index (χ4v) is 1.75. The summed E-state index contributed by atoms with van der Waals surface area (Å²) in [6.07, 6.45) is 0. The Morgan fingerprint density at radius 3 is 2.56 bits per heavy atom. The number of aryl methyl sites for hydroxylation is 1. The monoisotopic (exact) mass is 220 g/mol. The van der Waals surface area contributed by atoms with E-state index in [1.54, 1.807) is 26.4 Å². The van der Waals surface area contributed by atoms with Gasteiger partial charge in [0, 0.05) is 6.07 Å². The maximum Gasteiger partial charge on any atom is 0.336 e. The average molecular weight is 220 g/mol. The van der Waals surface area contributed by atoms with Gasteiger partial charge in [0.25, 0.3) is 0 Å². The lowest BCUT2D eigenvalue weighted by Crippen LogP contribution is -2.00. The lowest BCUT2D eigenvalue weighted by atomic mass is 10.1. The fraction of sp³-hybridized carbons (Fsp3) is 0.250. The second kappa shape index (κ2) is 3.89. The number of benzene rings is 1. The van der Waals surface area contributed by atoms with Gasteiger partial charge in [0.05, 0.1) is 19.6 Å². The largest absolute Gasteiger partial charge is 0.493 e. The Labute approximate surface area is 92.4 Å². The van der Waals surface area contributed by atoms with Gasteiger partial charge in [-0.3, -0.25) is 0 Å². The number of fused-ring (bicyclic) bond motifs is 1. The molecule has 1 aromatic carbocycles. The van der Waals surface area contributed by atoms with Crippen LogP contribution in [0.4, 0.5) is 0 Å². The van der Waals surface area contributed by atoms with Gasteiger partial charge in [0.2, 0.25) is 0 Å². The van der Waals surface area contributed by atoms with E-state index in [9.17, 15) is 4.79 Å². The molecule has 1 aromatic heterocycles. The van der Waals surface area contributed by atoms with Gasteiger partial charge in [-0.15, -0.1) is 0 Å². The van der Waals surface area contributed by atoms with E-state index in [1.807, 2.05) is 6.92 Å². The van der Waals surface area contributed by atoms with E-state index in [0.29, 0.717) is 17.1 Å². The third-order valence-electron chi connectivity index (χ3n) is 2.45. The molecule has 16 heavy (non-hydrogen) atoms. The molecular weight excluding hydrogens is 208 g/mol. The Kier molecular flexibility index (Phi) is 2.56. The molecule has 0 bridgehead atoms. The van der Waals surface area contributed by atoms with Crippen LogP contribution >= 0.6 is 0 Å². The molecular formula is C12H12O4. The van der Waals surface area contributed by atoms with Crippen molar-refractivity contribution in [3.05, 3.63) is 34.2 Å². The molecule has 1 heterocycles. The highest BCUT2D eigenvalue weighted by atomic mass is 16.5. The predicted molar refractivity (Wildman–Crippen MR) is 60.3 cm³/mol. The van der Waals surface area contributed by atoms with Gasteiger partial charge in [0.1, 0.15) is 5.58 Å². The molecule has 0 unspecified atom stereocenters. The standard InChI is InChI=1S/C12H12O4/c1-7-6-10(13)16-8-4-5-9(14-2)12(15-3)11(7)8/h4-6H,1-3H3. The number of ether oxygens (including phenoxy) is 2. The molecule has 84 valence electrons. The van der Waals surface area contributed by atoms with Crippen molar-refractivity contribution in [1.29, 1.82) is 0 Å². The number of rotatable bonds is 2. The van der Waals surface area contributed by atoms with Crippen LogP contribution < -0.4 is 15.1 Å². The number of methoxy groups -OCH3 is 2. The topological polar surface area (TPSA) is 48.7 Å². The second-order valence-electron chi connectivity index (χ2n) is 3.42. The van der Waals surface area contributed by atoms with Crippen molar-refractivity contribution >= 4 is 11.0 Å². The molecule has 0 saturated heterocycles. The van der Waals surface area contributed by atoms with Gasteiger partial charge in [0.15, 0.2) is 11.5 Å². The minimum absolute atomic E-state index is 0.364. The molecule has 0 fully saturated rings.